The molecule has 0 aromatic carbocycles. The van der Waals surface area contributed by atoms with Gasteiger partial charge in [-0.2, -0.15) is 0 Å². The van der Waals surface area contributed by atoms with Gasteiger partial charge in [0.25, 0.3) is 0 Å². The Morgan fingerprint density at radius 3 is 1.97 bits per heavy atom. The smallest absolute Gasteiger partial charge is 0.123 e. The Kier molecular flexibility index (Phi) is 7.33. The second kappa shape index (κ2) is 10.1. The summed E-state index contributed by atoms with van der Waals surface area (Å²) in [5, 5.41) is 0. The summed E-state index contributed by atoms with van der Waals surface area (Å²) in [4.78, 5) is 15.7. The molecule has 0 bridgehead atoms. The summed E-state index contributed by atoms with van der Waals surface area (Å²) in [6, 6.07) is 1.45. The molecule has 1 saturated heterocycles. The summed E-state index contributed by atoms with van der Waals surface area (Å²) in [5.74, 6) is 2.37. The highest BCUT2D eigenvalue weighted by Crippen LogP contribution is 2.39. The van der Waals surface area contributed by atoms with E-state index in [1.165, 1.54) is 23.0 Å². The van der Waals surface area contributed by atoms with Gasteiger partial charge in [0.1, 0.15) is 11.6 Å². The van der Waals surface area contributed by atoms with E-state index < -0.39 is 0 Å². The third-order valence-electron chi connectivity index (χ3n) is 8.58. The van der Waals surface area contributed by atoms with Gasteiger partial charge in [0, 0.05) is 68.7 Å². The van der Waals surface area contributed by atoms with E-state index in [0.717, 1.165) is 58.8 Å². The summed E-state index contributed by atoms with van der Waals surface area (Å²) in [7, 11) is 1.80. The van der Waals surface area contributed by atoms with Crippen LogP contribution in [0.5, 0.6) is 0 Å². The van der Waals surface area contributed by atoms with Gasteiger partial charge in [0.2, 0.25) is 0 Å². The zero-order valence-corrected chi connectivity index (χ0v) is 24.3. The topological polar surface area (TPSA) is 60.6 Å². The number of methoxy groups -OCH3 is 1. The van der Waals surface area contributed by atoms with Crippen LogP contribution in [-0.4, -0.2) is 81.0 Å². The highest BCUT2D eigenvalue weighted by atomic mass is 16.5. The zero-order chi connectivity index (χ0) is 26.5. The van der Waals surface area contributed by atoms with E-state index in [9.17, 15) is 0 Å². The summed E-state index contributed by atoms with van der Waals surface area (Å²) < 4.78 is 16.3. The number of imidazole rings is 2. The molecule has 3 unspecified atom stereocenters. The van der Waals surface area contributed by atoms with Crippen molar-refractivity contribution in [3.8, 4) is 0 Å². The molecule has 37 heavy (non-hydrogen) atoms. The molecule has 0 radical (unpaired) electrons. The number of hydrogen-bond acceptors (Lipinski definition) is 6. The Morgan fingerprint density at radius 1 is 0.892 bits per heavy atom. The molecule has 3 atom stereocenters. The van der Waals surface area contributed by atoms with E-state index in [0.29, 0.717) is 12.1 Å². The number of nitrogens with zero attached hydrogens (tertiary/aromatic N) is 6. The molecule has 0 N–H and O–H groups in total. The van der Waals surface area contributed by atoms with Crippen molar-refractivity contribution in [2.75, 3.05) is 40.0 Å². The van der Waals surface area contributed by atoms with E-state index in [1.807, 2.05) is 0 Å². The molecule has 3 aliphatic rings. The molecule has 2 aromatic heterocycles. The lowest BCUT2D eigenvalue weighted by atomic mass is 9.93. The first-order chi connectivity index (χ1) is 17.5. The van der Waals surface area contributed by atoms with Crippen LogP contribution in [0.25, 0.3) is 0 Å². The highest BCUT2D eigenvalue weighted by Gasteiger charge is 2.41. The van der Waals surface area contributed by atoms with Gasteiger partial charge in [-0.15, -0.1) is 0 Å². The summed E-state index contributed by atoms with van der Waals surface area (Å²) >= 11 is 0. The summed E-state index contributed by atoms with van der Waals surface area (Å²) in [6.07, 6.45) is 6.89. The average Bonchev–Trinajstić information content (AvgIpc) is 3.48. The second-order valence-electron chi connectivity index (χ2n) is 13.5. The third-order valence-corrected chi connectivity index (χ3v) is 8.58. The maximum atomic E-state index is 5.72. The number of fused-ring (bicyclic) bond motifs is 2. The molecule has 8 heteroatoms. The van der Waals surface area contributed by atoms with Crippen LogP contribution in [-0.2, 0) is 33.4 Å². The van der Waals surface area contributed by atoms with Crippen LogP contribution in [0.3, 0.4) is 0 Å². The molecular formula is C29H48N6O2. The van der Waals surface area contributed by atoms with E-state index in [2.05, 4.69) is 79.8 Å². The largest absolute Gasteiger partial charge is 0.383 e. The molecule has 5 rings (SSSR count). The van der Waals surface area contributed by atoms with Crippen molar-refractivity contribution in [2.24, 2.45) is 0 Å². The fourth-order valence-corrected chi connectivity index (χ4v) is 6.17. The van der Waals surface area contributed by atoms with E-state index in [1.54, 1.807) is 7.11 Å². The molecule has 8 nitrogen and oxygen atoms in total. The first-order valence-electron chi connectivity index (χ1n) is 14.2. The predicted molar refractivity (Wildman–Crippen MR) is 146 cm³/mol. The predicted octanol–water partition coefficient (Wildman–Crippen LogP) is 4.30. The molecule has 0 saturated carbocycles. The molecular weight excluding hydrogens is 464 g/mol. The maximum absolute atomic E-state index is 5.72. The molecule has 1 fully saturated rings. The molecule has 5 heterocycles. The Labute approximate surface area is 223 Å². The third kappa shape index (κ3) is 5.40. The number of rotatable bonds is 5. The van der Waals surface area contributed by atoms with Crippen molar-refractivity contribution < 1.29 is 9.47 Å². The van der Waals surface area contributed by atoms with Crippen LogP contribution in [0.2, 0.25) is 0 Å². The van der Waals surface area contributed by atoms with Crippen molar-refractivity contribution in [3.05, 3.63) is 35.4 Å². The van der Waals surface area contributed by atoms with Gasteiger partial charge in [-0.05, 0) is 19.8 Å². The van der Waals surface area contributed by atoms with Crippen molar-refractivity contribution in [1.82, 2.24) is 28.9 Å². The van der Waals surface area contributed by atoms with Crippen molar-refractivity contribution in [3.63, 3.8) is 0 Å². The van der Waals surface area contributed by atoms with Gasteiger partial charge in [0.15, 0.2) is 0 Å². The van der Waals surface area contributed by atoms with Crippen molar-refractivity contribution >= 4 is 0 Å². The lowest BCUT2D eigenvalue weighted by molar-refractivity contribution is 0.00305. The van der Waals surface area contributed by atoms with Gasteiger partial charge >= 0.3 is 0 Å². The average molecular weight is 513 g/mol. The minimum Gasteiger partial charge on any atom is -0.383 e. The maximum Gasteiger partial charge on any atom is 0.123 e. The first-order valence-corrected chi connectivity index (χ1v) is 14.2. The van der Waals surface area contributed by atoms with Crippen LogP contribution in [0.15, 0.2) is 12.4 Å². The molecule has 206 valence electrons. The number of aromatic nitrogens is 4. The lowest BCUT2D eigenvalue weighted by Crippen LogP contribution is -2.51. The molecule has 3 aliphatic heterocycles. The van der Waals surface area contributed by atoms with Crippen LogP contribution in [0, 0.1) is 0 Å². The van der Waals surface area contributed by atoms with Crippen molar-refractivity contribution in [1.29, 1.82) is 0 Å². The Morgan fingerprint density at radius 2 is 1.43 bits per heavy atom. The number of ether oxygens (including phenoxy) is 2. The van der Waals surface area contributed by atoms with Gasteiger partial charge in [-0.3, -0.25) is 9.80 Å². The van der Waals surface area contributed by atoms with Crippen molar-refractivity contribution in [2.45, 2.75) is 109 Å². The van der Waals surface area contributed by atoms with Gasteiger partial charge < -0.3 is 18.6 Å². The molecule has 0 amide bonds. The Bertz CT molecular complexity index is 1070. The lowest BCUT2D eigenvalue weighted by Gasteiger charge is -2.46. The summed E-state index contributed by atoms with van der Waals surface area (Å²) in [6.45, 7) is 22.1. The second-order valence-corrected chi connectivity index (χ2v) is 13.5. The SMILES string of the molecule is COCC(C)N1Cc2nc(C(C)(C)C)cn2C(C2CN(C3CCOCC3)Cc3nc(C(C)(C)C)cn32)C1. The Balaban J connectivity index is 1.57. The first kappa shape index (κ1) is 26.9. The van der Waals surface area contributed by atoms with E-state index in [-0.39, 0.29) is 22.9 Å². The molecule has 0 spiro atoms. The summed E-state index contributed by atoms with van der Waals surface area (Å²) in [5.41, 5.74) is 2.39. The molecule has 2 aromatic rings. The normalized spacial score (nSPS) is 25.2. The van der Waals surface area contributed by atoms with Crippen LogP contribution >= 0.6 is 0 Å². The van der Waals surface area contributed by atoms with Gasteiger partial charge in [-0.1, -0.05) is 41.5 Å². The van der Waals surface area contributed by atoms with E-state index in [4.69, 9.17) is 19.4 Å². The van der Waals surface area contributed by atoms with Crippen LogP contribution in [0.1, 0.15) is 96.4 Å². The molecule has 0 aliphatic carbocycles. The fraction of sp³-hybridized carbons (Fsp3) is 0.793. The number of hydrogen-bond donors (Lipinski definition) is 0. The van der Waals surface area contributed by atoms with Crippen LogP contribution in [0.4, 0.5) is 0 Å². The van der Waals surface area contributed by atoms with Gasteiger partial charge in [-0.25, -0.2) is 9.97 Å². The van der Waals surface area contributed by atoms with E-state index >= 15 is 0 Å². The van der Waals surface area contributed by atoms with Gasteiger partial charge in [0.05, 0.1) is 43.2 Å². The quantitative estimate of drug-likeness (QED) is 0.595. The van der Waals surface area contributed by atoms with Crippen LogP contribution < -0.4 is 0 Å². The fourth-order valence-electron chi connectivity index (χ4n) is 6.17. The minimum absolute atomic E-state index is 0.0120. The zero-order valence-electron chi connectivity index (χ0n) is 24.3. The standard InChI is InChI=1S/C29H48N6O2/c1-20(19-36-8)32-13-22(34-15-24(28(2,3)4)30-26(34)17-32)23-14-33(21-9-11-37-12-10-21)18-27-31-25(16-35(23)27)29(5,6)7/h15-16,20-23H,9-14,17-19H2,1-8H3. The Hall–Kier alpha value is -1.74. The minimum atomic E-state index is 0.0120. The monoisotopic (exact) mass is 512 g/mol. The highest BCUT2D eigenvalue weighted by molar-refractivity contribution is 5.20.